The molecule has 1 aliphatic heterocycles. The van der Waals surface area contributed by atoms with Crippen molar-refractivity contribution in [3.8, 4) is 11.5 Å². The zero-order valence-electron chi connectivity index (χ0n) is 19.7. The number of morpholine rings is 1. The molecule has 0 atom stereocenters. The Morgan fingerprint density at radius 3 is 2.37 bits per heavy atom. The molecule has 1 saturated heterocycles. The number of carbonyl (C=O) groups excluding carboxylic acids is 2. The average molecular weight is 476 g/mol. The Hall–Kier alpha value is -3.88. The van der Waals surface area contributed by atoms with Gasteiger partial charge in [0, 0.05) is 36.6 Å². The third-order valence-corrected chi connectivity index (χ3v) is 5.53. The van der Waals surface area contributed by atoms with Crippen LogP contribution in [0.5, 0.6) is 11.5 Å². The maximum Gasteiger partial charge on any atom is 0.262 e. The van der Waals surface area contributed by atoms with Gasteiger partial charge in [0.2, 0.25) is 0 Å². The molecule has 8 nitrogen and oxygen atoms in total. The maximum atomic E-state index is 12.8. The molecule has 2 amide bonds. The van der Waals surface area contributed by atoms with Crippen LogP contribution in [0.2, 0.25) is 0 Å². The van der Waals surface area contributed by atoms with E-state index in [2.05, 4.69) is 15.5 Å². The number of benzene rings is 3. The van der Waals surface area contributed by atoms with Gasteiger partial charge in [0.1, 0.15) is 0 Å². The van der Waals surface area contributed by atoms with E-state index < -0.39 is 0 Å². The van der Waals surface area contributed by atoms with Crippen LogP contribution >= 0.6 is 0 Å². The summed E-state index contributed by atoms with van der Waals surface area (Å²) in [5.74, 6) is 0.507. The van der Waals surface area contributed by atoms with E-state index in [9.17, 15) is 9.59 Å². The first kappa shape index (κ1) is 24.3. The molecule has 1 heterocycles. The fourth-order valence-electron chi connectivity index (χ4n) is 3.78. The summed E-state index contributed by atoms with van der Waals surface area (Å²) in [6.07, 6.45) is 0. The average Bonchev–Trinajstić information content (AvgIpc) is 2.88. The van der Waals surface area contributed by atoms with Gasteiger partial charge >= 0.3 is 0 Å². The maximum absolute atomic E-state index is 12.8. The van der Waals surface area contributed by atoms with E-state index >= 15 is 0 Å². The van der Waals surface area contributed by atoms with Crippen LogP contribution in [0.4, 0.5) is 11.4 Å². The van der Waals surface area contributed by atoms with Crippen molar-refractivity contribution < 1.29 is 23.8 Å². The lowest BCUT2D eigenvalue weighted by atomic mass is 10.1. The van der Waals surface area contributed by atoms with Gasteiger partial charge < -0.3 is 24.8 Å². The molecule has 0 aliphatic carbocycles. The molecule has 2 N–H and O–H groups in total. The van der Waals surface area contributed by atoms with E-state index in [0.29, 0.717) is 28.4 Å². The van der Waals surface area contributed by atoms with Crippen LogP contribution in [0.15, 0.2) is 72.8 Å². The van der Waals surface area contributed by atoms with Gasteiger partial charge in [-0.2, -0.15) is 0 Å². The third-order valence-electron chi connectivity index (χ3n) is 5.53. The van der Waals surface area contributed by atoms with E-state index in [1.807, 2.05) is 24.3 Å². The van der Waals surface area contributed by atoms with E-state index in [1.54, 1.807) is 55.6 Å². The summed E-state index contributed by atoms with van der Waals surface area (Å²) in [6.45, 7) is 3.85. The summed E-state index contributed by atoms with van der Waals surface area (Å²) in [5.41, 5.74) is 2.79. The molecule has 0 spiro atoms. The zero-order chi connectivity index (χ0) is 24.5. The smallest absolute Gasteiger partial charge is 0.262 e. The first-order valence-electron chi connectivity index (χ1n) is 11.5. The third kappa shape index (κ3) is 7.05. The number of nitrogens with zero attached hydrogens (tertiary/aromatic N) is 1. The highest BCUT2D eigenvalue weighted by Crippen LogP contribution is 2.25. The minimum atomic E-state index is -0.324. The molecule has 35 heavy (non-hydrogen) atoms. The predicted octanol–water partition coefficient (Wildman–Crippen LogP) is 3.80. The SMILES string of the molecule is COc1ccccc1OCC(=O)Nc1cccc(NC(=O)c2cccc(CN3CCOCC3)c2)c1. The van der Waals surface area contributed by atoms with E-state index in [1.165, 1.54) is 0 Å². The van der Waals surface area contributed by atoms with Gasteiger partial charge in [-0.05, 0) is 48.0 Å². The number of carbonyl (C=O) groups is 2. The Morgan fingerprint density at radius 1 is 0.886 bits per heavy atom. The predicted molar refractivity (Wildman–Crippen MR) is 134 cm³/mol. The highest BCUT2D eigenvalue weighted by molar-refractivity contribution is 6.04. The first-order valence-corrected chi connectivity index (χ1v) is 11.5. The monoisotopic (exact) mass is 475 g/mol. The molecular weight excluding hydrogens is 446 g/mol. The molecule has 0 bridgehead atoms. The van der Waals surface area contributed by atoms with Crippen molar-refractivity contribution in [1.82, 2.24) is 4.90 Å². The minimum absolute atomic E-state index is 0.174. The number of hydrogen-bond acceptors (Lipinski definition) is 6. The van der Waals surface area contributed by atoms with Crippen molar-refractivity contribution in [3.63, 3.8) is 0 Å². The summed E-state index contributed by atoms with van der Waals surface area (Å²) in [6, 6.07) is 21.7. The Kier molecular flexibility index (Phi) is 8.32. The number of amides is 2. The summed E-state index contributed by atoms with van der Waals surface area (Å²) < 4.78 is 16.2. The minimum Gasteiger partial charge on any atom is -0.493 e. The summed E-state index contributed by atoms with van der Waals surface area (Å²) in [4.78, 5) is 27.5. The topological polar surface area (TPSA) is 89.1 Å². The van der Waals surface area contributed by atoms with Gasteiger partial charge in [-0.15, -0.1) is 0 Å². The van der Waals surface area contributed by atoms with Crippen molar-refractivity contribution in [2.24, 2.45) is 0 Å². The lowest BCUT2D eigenvalue weighted by Crippen LogP contribution is -2.35. The number of ether oxygens (including phenoxy) is 3. The molecule has 4 rings (SSSR count). The molecule has 8 heteroatoms. The number of rotatable bonds is 9. The molecule has 0 saturated carbocycles. The lowest BCUT2D eigenvalue weighted by molar-refractivity contribution is -0.118. The van der Waals surface area contributed by atoms with Gasteiger partial charge in [-0.25, -0.2) is 0 Å². The Balaban J connectivity index is 1.32. The van der Waals surface area contributed by atoms with Gasteiger partial charge in [0.15, 0.2) is 18.1 Å². The quantitative estimate of drug-likeness (QED) is 0.490. The van der Waals surface area contributed by atoms with Crippen molar-refractivity contribution in [3.05, 3.63) is 83.9 Å². The molecule has 1 aliphatic rings. The summed E-state index contributed by atoms with van der Waals surface area (Å²) in [5, 5.41) is 5.69. The highest BCUT2D eigenvalue weighted by Gasteiger charge is 2.13. The van der Waals surface area contributed by atoms with Gasteiger partial charge in [-0.1, -0.05) is 30.3 Å². The number of nitrogens with one attached hydrogen (secondary N) is 2. The second-order valence-electron chi connectivity index (χ2n) is 8.11. The van der Waals surface area contributed by atoms with E-state index in [4.69, 9.17) is 14.2 Å². The number of methoxy groups -OCH3 is 1. The van der Waals surface area contributed by atoms with Crippen LogP contribution in [0.25, 0.3) is 0 Å². The van der Waals surface area contributed by atoms with Crippen LogP contribution in [0, 0.1) is 0 Å². The Labute approximate surface area is 204 Å². The summed E-state index contributed by atoms with van der Waals surface area (Å²) >= 11 is 0. The van der Waals surface area contributed by atoms with E-state index in [0.717, 1.165) is 38.4 Å². The zero-order valence-corrected chi connectivity index (χ0v) is 19.7. The second kappa shape index (κ2) is 12.0. The molecule has 0 unspecified atom stereocenters. The normalized spacial score (nSPS) is 13.6. The first-order chi connectivity index (χ1) is 17.1. The van der Waals surface area contributed by atoms with Crippen LogP contribution < -0.4 is 20.1 Å². The molecule has 0 radical (unpaired) electrons. The fraction of sp³-hybridized carbons (Fsp3) is 0.259. The van der Waals surface area contributed by atoms with Gasteiger partial charge in [0.25, 0.3) is 11.8 Å². The molecule has 3 aromatic carbocycles. The molecule has 3 aromatic rings. The van der Waals surface area contributed by atoms with Crippen LogP contribution in [0.3, 0.4) is 0 Å². The molecule has 0 aromatic heterocycles. The van der Waals surface area contributed by atoms with Crippen LogP contribution in [-0.4, -0.2) is 56.7 Å². The second-order valence-corrected chi connectivity index (χ2v) is 8.11. The number of para-hydroxylation sites is 2. The Morgan fingerprint density at radius 2 is 1.60 bits per heavy atom. The van der Waals surface area contributed by atoms with E-state index in [-0.39, 0.29) is 18.4 Å². The van der Waals surface area contributed by atoms with Crippen LogP contribution in [0.1, 0.15) is 15.9 Å². The molecular formula is C27H29N3O5. The molecule has 1 fully saturated rings. The Bertz CT molecular complexity index is 1160. The number of anilines is 2. The highest BCUT2D eigenvalue weighted by atomic mass is 16.5. The van der Waals surface area contributed by atoms with Gasteiger partial charge in [-0.3, -0.25) is 14.5 Å². The van der Waals surface area contributed by atoms with Crippen molar-refractivity contribution >= 4 is 23.2 Å². The van der Waals surface area contributed by atoms with Crippen molar-refractivity contribution in [2.75, 3.05) is 50.7 Å². The standard InChI is InChI=1S/C27H29N3O5/c1-33-24-10-2-3-11-25(24)35-19-26(31)28-22-8-5-9-23(17-22)29-27(32)21-7-4-6-20(16-21)18-30-12-14-34-15-13-30/h2-11,16-17H,12-15,18-19H2,1H3,(H,28,31)(H,29,32). The van der Waals surface area contributed by atoms with Crippen LogP contribution in [-0.2, 0) is 16.1 Å². The summed E-state index contributed by atoms with van der Waals surface area (Å²) in [7, 11) is 1.54. The largest absolute Gasteiger partial charge is 0.493 e. The van der Waals surface area contributed by atoms with Crippen molar-refractivity contribution in [1.29, 1.82) is 0 Å². The lowest BCUT2D eigenvalue weighted by Gasteiger charge is -2.26. The van der Waals surface area contributed by atoms with Gasteiger partial charge in [0.05, 0.1) is 20.3 Å². The molecule has 182 valence electrons. The van der Waals surface area contributed by atoms with Crippen molar-refractivity contribution in [2.45, 2.75) is 6.54 Å². The fourth-order valence-corrected chi connectivity index (χ4v) is 3.78. The number of hydrogen-bond donors (Lipinski definition) is 2.